The first kappa shape index (κ1) is 13.9. The van der Waals surface area contributed by atoms with Crippen LogP contribution in [0.5, 0.6) is 0 Å². The van der Waals surface area contributed by atoms with Crippen LogP contribution in [0.25, 0.3) is 0 Å². The number of aromatic amines is 1. The van der Waals surface area contributed by atoms with Crippen LogP contribution in [0.2, 0.25) is 0 Å². The quantitative estimate of drug-likeness (QED) is 0.563. The van der Waals surface area contributed by atoms with Gasteiger partial charge in [-0.3, -0.25) is 9.89 Å². The SMILES string of the molecule is Nc1cc(F)c(F)cc1C(=O)NCCCc1ncn[nH]1. The van der Waals surface area contributed by atoms with Crippen molar-refractivity contribution in [3.05, 3.63) is 41.5 Å². The van der Waals surface area contributed by atoms with Gasteiger partial charge in [-0.1, -0.05) is 0 Å². The van der Waals surface area contributed by atoms with Gasteiger partial charge < -0.3 is 11.1 Å². The molecular formula is C12H13F2N5O. The summed E-state index contributed by atoms with van der Waals surface area (Å²) in [6.45, 7) is 0.359. The van der Waals surface area contributed by atoms with Gasteiger partial charge in [0, 0.05) is 24.7 Å². The number of nitrogens with two attached hydrogens (primary N) is 1. The Morgan fingerprint density at radius 1 is 1.35 bits per heavy atom. The Kier molecular flexibility index (Phi) is 4.24. The summed E-state index contributed by atoms with van der Waals surface area (Å²) in [5.41, 5.74) is 5.30. The summed E-state index contributed by atoms with van der Waals surface area (Å²) < 4.78 is 25.9. The summed E-state index contributed by atoms with van der Waals surface area (Å²) in [6.07, 6.45) is 2.65. The van der Waals surface area contributed by atoms with Crippen LogP contribution >= 0.6 is 0 Å². The third-order valence-corrected chi connectivity index (χ3v) is 2.68. The number of halogens is 2. The van der Waals surface area contributed by atoms with Gasteiger partial charge in [0.1, 0.15) is 12.2 Å². The zero-order chi connectivity index (χ0) is 14.5. The van der Waals surface area contributed by atoms with E-state index in [1.54, 1.807) is 0 Å². The van der Waals surface area contributed by atoms with Gasteiger partial charge in [-0.25, -0.2) is 13.8 Å². The molecule has 1 aromatic carbocycles. The van der Waals surface area contributed by atoms with Crippen LogP contribution in [0.15, 0.2) is 18.5 Å². The first-order chi connectivity index (χ1) is 9.58. The molecule has 0 fully saturated rings. The average molecular weight is 281 g/mol. The number of H-pyrrole nitrogens is 1. The number of anilines is 1. The number of carbonyl (C=O) groups is 1. The van der Waals surface area contributed by atoms with Crippen LogP contribution in [-0.4, -0.2) is 27.6 Å². The number of aryl methyl sites for hydroxylation is 1. The Labute approximate surface area is 113 Å². The van der Waals surface area contributed by atoms with Crippen molar-refractivity contribution in [2.75, 3.05) is 12.3 Å². The number of rotatable bonds is 5. The molecule has 4 N–H and O–H groups in total. The lowest BCUT2D eigenvalue weighted by Crippen LogP contribution is -2.26. The number of hydrogen-bond donors (Lipinski definition) is 3. The van der Waals surface area contributed by atoms with Gasteiger partial charge in [0.15, 0.2) is 11.6 Å². The largest absolute Gasteiger partial charge is 0.398 e. The Morgan fingerprint density at radius 3 is 2.80 bits per heavy atom. The highest BCUT2D eigenvalue weighted by molar-refractivity contribution is 5.99. The number of benzene rings is 1. The van der Waals surface area contributed by atoms with Crippen molar-refractivity contribution in [2.24, 2.45) is 0 Å². The maximum absolute atomic E-state index is 13.1. The Hall–Kier alpha value is -2.51. The van der Waals surface area contributed by atoms with Crippen molar-refractivity contribution < 1.29 is 13.6 Å². The second-order valence-electron chi connectivity index (χ2n) is 4.15. The standard InChI is InChI=1S/C12H13F2N5O/c13-8-4-7(10(15)5-9(8)14)12(20)16-3-1-2-11-17-6-18-19-11/h4-6H,1-3,15H2,(H,16,20)(H,17,18,19). The average Bonchev–Trinajstić information content (AvgIpc) is 2.92. The minimum absolute atomic E-state index is 0.0800. The van der Waals surface area contributed by atoms with Gasteiger partial charge in [-0.2, -0.15) is 5.10 Å². The van der Waals surface area contributed by atoms with Crippen molar-refractivity contribution in [3.63, 3.8) is 0 Å². The second kappa shape index (κ2) is 6.09. The molecular weight excluding hydrogens is 268 g/mol. The van der Waals surface area contributed by atoms with Gasteiger partial charge in [0.05, 0.1) is 5.56 Å². The fraction of sp³-hybridized carbons (Fsp3) is 0.250. The summed E-state index contributed by atoms with van der Waals surface area (Å²) in [5, 5.41) is 8.97. The Bertz CT molecular complexity index is 600. The van der Waals surface area contributed by atoms with E-state index in [0.717, 1.165) is 12.1 Å². The molecule has 8 heteroatoms. The smallest absolute Gasteiger partial charge is 0.253 e. The van der Waals surface area contributed by atoms with E-state index in [-0.39, 0.29) is 11.3 Å². The molecule has 0 saturated carbocycles. The molecule has 0 radical (unpaired) electrons. The molecule has 0 aliphatic rings. The van der Waals surface area contributed by atoms with E-state index in [2.05, 4.69) is 20.5 Å². The molecule has 0 aliphatic heterocycles. The summed E-state index contributed by atoms with van der Waals surface area (Å²) in [7, 11) is 0. The minimum Gasteiger partial charge on any atom is -0.398 e. The van der Waals surface area contributed by atoms with Crippen LogP contribution in [0.1, 0.15) is 22.6 Å². The van der Waals surface area contributed by atoms with E-state index in [1.807, 2.05) is 0 Å². The van der Waals surface area contributed by atoms with Crippen LogP contribution in [-0.2, 0) is 6.42 Å². The lowest BCUT2D eigenvalue weighted by atomic mass is 10.1. The predicted octanol–water partition coefficient (Wildman–Crippen LogP) is 1.03. The van der Waals surface area contributed by atoms with Gasteiger partial charge in [-0.15, -0.1) is 0 Å². The molecule has 0 saturated heterocycles. The summed E-state index contributed by atoms with van der Waals surface area (Å²) in [5.74, 6) is -2.01. The van der Waals surface area contributed by atoms with Crippen molar-refractivity contribution >= 4 is 11.6 Å². The third-order valence-electron chi connectivity index (χ3n) is 2.68. The number of nitrogens with one attached hydrogen (secondary N) is 2. The normalized spacial score (nSPS) is 10.5. The fourth-order valence-electron chi connectivity index (χ4n) is 1.66. The summed E-state index contributed by atoms with van der Waals surface area (Å²) >= 11 is 0. The number of aromatic nitrogens is 3. The van der Waals surface area contributed by atoms with E-state index in [9.17, 15) is 13.6 Å². The maximum atomic E-state index is 13.1. The first-order valence-corrected chi connectivity index (χ1v) is 5.95. The molecule has 0 unspecified atom stereocenters. The van der Waals surface area contributed by atoms with Crippen molar-refractivity contribution in [1.82, 2.24) is 20.5 Å². The molecule has 0 spiro atoms. The summed E-state index contributed by atoms with van der Waals surface area (Å²) in [6, 6.07) is 1.58. The van der Waals surface area contributed by atoms with Crippen LogP contribution in [0.4, 0.5) is 14.5 Å². The first-order valence-electron chi connectivity index (χ1n) is 5.95. The number of carbonyl (C=O) groups excluding carboxylic acids is 1. The molecule has 106 valence electrons. The number of hydrogen-bond acceptors (Lipinski definition) is 4. The molecule has 1 aromatic heterocycles. The minimum atomic E-state index is -1.11. The van der Waals surface area contributed by atoms with Crippen molar-refractivity contribution in [2.45, 2.75) is 12.8 Å². The molecule has 2 rings (SSSR count). The monoisotopic (exact) mass is 281 g/mol. The third kappa shape index (κ3) is 3.28. The number of amides is 1. The zero-order valence-corrected chi connectivity index (χ0v) is 10.5. The maximum Gasteiger partial charge on any atom is 0.253 e. The second-order valence-corrected chi connectivity index (χ2v) is 4.15. The highest BCUT2D eigenvalue weighted by Gasteiger charge is 2.13. The highest BCUT2D eigenvalue weighted by atomic mass is 19.2. The fourth-order valence-corrected chi connectivity index (χ4v) is 1.66. The van der Waals surface area contributed by atoms with E-state index in [0.29, 0.717) is 25.2 Å². The van der Waals surface area contributed by atoms with Crippen LogP contribution in [0.3, 0.4) is 0 Å². The lowest BCUT2D eigenvalue weighted by Gasteiger charge is -2.07. The molecule has 0 bridgehead atoms. The van der Waals surface area contributed by atoms with E-state index >= 15 is 0 Å². The predicted molar refractivity (Wildman–Crippen MR) is 67.8 cm³/mol. The van der Waals surface area contributed by atoms with Gasteiger partial charge in [-0.05, 0) is 12.5 Å². The van der Waals surface area contributed by atoms with E-state index in [1.165, 1.54) is 6.33 Å². The van der Waals surface area contributed by atoms with Gasteiger partial charge >= 0.3 is 0 Å². The van der Waals surface area contributed by atoms with Crippen molar-refractivity contribution in [1.29, 1.82) is 0 Å². The zero-order valence-electron chi connectivity index (χ0n) is 10.5. The van der Waals surface area contributed by atoms with Crippen LogP contribution in [0, 0.1) is 11.6 Å². The topological polar surface area (TPSA) is 96.7 Å². The number of nitrogen functional groups attached to an aromatic ring is 1. The molecule has 1 amide bonds. The number of nitrogens with zero attached hydrogens (tertiary/aromatic N) is 2. The highest BCUT2D eigenvalue weighted by Crippen LogP contribution is 2.16. The summed E-state index contributed by atoms with van der Waals surface area (Å²) in [4.78, 5) is 15.7. The Morgan fingerprint density at radius 2 is 2.10 bits per heavy atom. The van der Waals surface area contributed by atoms with Gasteiger partial charge in [0.2, 0.25) is 0 Å². The molecule has 0 atom stereocenters. The molecule has 2 aromatic rings. The molecule has 6 nitrogen and oxygen atoms in total. The lowest BCUT2D eigenvalue weighted by molar-refractivity contribution is 0.0953. The van der Waals surface area contributed by atoms with Crippen molar-refractivity contribution in [3.8, 4) is 0 Å². The molecule has 1 heterocycles. The van der Waals surface area contributed by atoms with Gasteiger partial charge in [0.25, 0.3) is 5.91 Å². The van der Waals surface area contributed by atoms with E-state index < -0.39 is 17.5 Å². The Balaban J connectivity index is 1.87. The molecule has 0 aliphatic carbocycles. The van der Waals surface area contributed by atoms with E-state index in [4.69, 9.17) is 5.73 Å². The molecule has 20 heavy (non-hydrogen) atoms. The van der Waals surface area contributed by atoms with Crippen LogP contribution < -0.4 is 11.1 Å².